The Labute approximate surface area is 103 Å². The van der Waals surface area contributed by atoms with Crippen molar-refractivity contribution in [2.45, 2.75) is 6.54 Å². The molecule has 2 aromatic rings. The Morgan fingerprint density at radius 3 is 2.76 bits per heavy atom. The van der Waals surface area contributed by atoms with E-state index in [1.807, 2.05) is 18.2 Å². The van der Waals surface area contributed by atoms with Crippen molar-refractivity contribution in [3.8, 4) is 0 Å². The highest BCUT2D eigenvalue weighted by atomic mass is 35.5. The number of amides is 1. The maximum absolute atomic E-state index is 11.7. The van der Waals surface area contributed by atoms with Crippen molar-refractivity contribution in [2.24, 2.45) is 0 Å². The topological polar surface area (TPSA) is 68.3 Å². The van der Waals surface area contributed by atoms with Crippen LogP contribution in [-0.2, 0) is 6.54 Å². The molecule has 88 valence electrons. The molecule has 0 aliphatic heterocycles. The molecule has 0 spiro atoms. The van der Waals surface area contributed by atoms with E-state index in [9.17, 15) is 4.79 Å². The summed E-state index contributed by atoms with van der Waals surface area (Å²) in [6.07, 6.45) is 1.37. The van der Waals surface area contributed by atoms with Crippen molar-refractivity contribution in [1.82, 2.24) is 5.32 Å². The fourth-order valence-electron chi connectivity index (χ4n) is 1.42. The fraction of sp³-hybridized carbons (Fsp3) is 0.0833. The summed E-state index contributed by atoms with van der Waals surface area (Å²) in [5, 5.41) is 2.81. The maximum atomic E-state index is 11.7. The third kappa shape index (κ3) is 2.60. The summed E-state index contributed by atoms with van der Waals surface area (Å²) in [5.74, 6) is -0.285. The summed E-state index contributed by atoms with van der Waals surface area (Å²) in [6, 6.07) is 8.86. The van der Waals surface area contributed by atoms with Gasteiger partial charge in [0, 0.05) is 12.2 Å². The maximum Gasteiger partial charge on any atom is 0.256 e. The molecule has 17 heavy (non-hydrogen) atoms. The van der Waals surface area contributed by atoms with Crippen LogP contribution >= 0.6 is 11.6 Å². The molecule has 0 radical (unpaired) electrons. The summed E-state index contributed by atoms with van der Waals surface area (Å²) in [4.78, 5) is 11.7. The number of carbonyl (C=O) groups excluding carboxylic acids is 1. The van der Waals surface area contributed by atoms with Crippen LogP contribution in [0, 0.1) is 0 Å². The van der Waals surface area contributed by atoms with Gasteiger partial charge in [-0.1, -0.05) is 18.2 Å². The zero-order valence-corrected chi connectivity index (χ0v) is 9.70. The highest BCUT2D eigenvalue weighted by molar-refractivity contribution is 6.32. The van der Waals surface area contributed by atoms with Crippen LogP contribution in [0.3, 0.4) is 0 Å². The Morgan fingerprint density at radius 2 is 2.12 bits per heavy atom. The van der Waals surface area contributed by atoms with Gasteiger partial charge >= 0.3 is 0 Å². The van der Waals surface area contributed by atoms with E-state index in [1.54, 1.807) is 6.07 Å². The number of nitrogen functional groups attached to an aromatic ring is 1. The third-order valence-electron chi connectivity index (χ3n) is 2.36. The molecule has 0 atom stereocenters. The van der Waals surface area contributed by atoms with Crippen molar-refractivity contribution in [1.29, 1.82) is 0 Å². The number of para-hydroxylation sites is 1. The average molecular weight is 251 g/mol. The van der Waals surface area contributed by atoms with Crippen LogP contribution in [0.4, 0.5) is 5.69 Å². The summed E-state index contributed by atoms with van der Waals surface area (Å²) in [7, 11) is 0. The van der Waals surface area contributed by atoms with E-state index in [1.165, 1.54) is 12.3 Å². The minimum atomic E-state index is -0.285. The Kier molecular flexibility index (Phi) is 3.35. The molecule has 0 fully saturated rings. The molecule has 0 saturated heterocycles. The average Bonchev–Trinajstić information content (AvgIpc) is 2.74. The van der Waals surface area contributed by atoms with Gasteiger partial charge in [-0.15, -0.1) is 0 Å². The van der Waals surface area contributed by atoms with Gasteiger partial charge in [0.1, 0.15) is 0 Å². The van der Waals surface area contributed by atoms with Gasteiger partial charge in [0.05, 0.1) is 11.8 Å². The number of halogens is 1. The number of benzene rings is 1. The van der Waals surface area contributed by atoms with E-state index in [-0.39, 0.29) is 11.1 Å². The van der Waals surface area contributed by atoms with Crippen molar-refractivity contribution in [3.63, 3.8) is 0 Å². The fourth-order valence-corrected chi connectivity index (χ4v) is 1.62. The standard InChI is InChI=1S/C12H11ClN2O2/c13-11-9(5-6-17-11)12(16)15-7-8-3-1-2-4-10(8)14/h1-6H,7,14H2,(H,15,16). The molecule has 4 nitrogen and oxygen atoms in total. The molecule has 2 rings (SSSR count). The second-order valence-electron chi connectivity index (χ2n) is 3.49. The van der Waals surface area contributed by atoms with Gasteiger partial charge in [-0.05, 0) is 29.3 Å². The van der Waals surface area contributed by atoms with Crippen LogP contribution in [-0.4, -0.2) is 5.91 Å². The van der Waals surface area contributed by atoms with Crippen molar-refractivity contribution in [3.05, 3.63) is 52.9 Å². The second kappa shape index (κ2) is 4.93. The Balaban J connectivity index is 2.02. The molecular weight excluding hydrogens is 240 g/mol. The zero-order chi connectivity index (χ0) is 12.3. The first-order valence-corrected chi connectivity index (χ1v) is 5.41. The normalized spacial score (nSPS) is 10.2. The third-order valence-corrected chi connectivity index (χ3v) is 2.65. The van der Waals surface area contributed by atoms with Gasteiger partial charge in [-0.3, -0.25) is 4.79 Å². The first-order valence-electron chi connectivity index (χ1n) is 5.03. The van der Waals surface area contributed by atoms with E-state index in [4.69, 9.17) is 21.8 Å². The van der Waals surface area contributed by atoms with Crippen LogP contribution in [0.25, 0.3) is 0 Å². The molecule has 0 aliphatic rings. The quantitative estimate of drug-likeness (QED) is 0.822. The molecule has 0 saturated carbocycles. The SMILES string of the molecule is Nc1ccccc1CNC(=O)c1ccoc1Cl. The lowest BCUT2D eigenvalue weighted by atomic mass is 10.2. The van der Waals surface area contributed by atoms with E-state index < -0.39 is 0 Å². The molecular formula is C12H11ClN2O2. The van der Waals surface area contributed by atoms with E-state index in [2.05, 4.69) is 5.32 Å². The molecule has 3 N–H and O–H groups in total. The molecule has 0 unspecified atom stereocenters. The number of furan rings is 1. The number of rotatable bonds is 3. The van der Waals surface area contributed by atoms with Crippen LogP contribution in [0.2, 0.25) is 5.22 Å². The van der Waals surface area contributed by atoms with Crippen molar-refractivity contribution < 1.29 is 9.21 Å². The van der Waals surface area contributed by atoms with Crippen molar-refractivity contribution in [2.75, 3.05) is 5.73 Å². The number of nitrogens with one attached hydrogen (secondary N) is 1. The van der Waals surface area contributed by atoms with Crippen LogP contribution in [0.1, 0.15) is 15.9 Å². The molecule has 0 aliphatic carbocycles. The number of hydrogen-bond donors (Lipinski definition) is 2. The predicted octanol–water partition coefficient (Wildman–Crippen LogP) is 2.45. The van der Waals surface area contributed by atoms with E-state index >= 15 is 0 Å². The van der Waals surface area contributed by atoms with Gasteiger partial charge < -0.3 is 15.5 Å². The molecule has 0 bridgehead atoms. The minimum absolute atomic E-state index is 0.0866. The summed E-state index contributed by atoms with van der Waals surface area (Å²) < 4.78 is 4.84. The smallest absolute Gasteiger partial charge is 0.256 e. The minimum Gasteiger partial charge on any atom is -0.452 e. The predicted molar refractivity (Wildman–Crippen MR) is 65.7 cm³/mol. The van der Waals surface area contributed by atoms with E-state index in [0.29, 0.717) is 17.8 Å². The number of anilines is 1. The van der Waals surface area contributed by atoms with Gasteiger partial charge in [0.15, 0.2) is 0 Å². The molecule has 1 aromatic carbocycles. The largest absolute Gasteiger partial charge is 0.452 e. The molecule has 1 aromatic heterocycles. The van der Waals surface area contributed by atoms with Gasteiger partial charge in [-0.25, -0.2) is 0 Å². The highest BCUT2D eigenvalue weighted by Gasteiger charge is 2.12. The molecule has 1 amide bonds. The Hall–Kier alpha value is -1.94. The lowest BCUT2D eigenvalue weighted by Gasteiger charge is -2.06. The van der Waals surface area contributed by atoms with Gasteiger partial charge in [0.25, 0.3) is 5.91 Å². The number of hydrogen-bond acceptors (Lipinski definition) is 3. The van der Waals surface area contributed by atoms with Crippen LogP contribution in [0.5, 0.6) is 0 Å². The Bertz CT molecular complexity index is 537. The lowest BCUT2D eigenvalue weighted by Crippen LogP contribution is -2.23. The van der Waals surface area contributed by atoms with Crippen LogP contribution in [0.15, 0.2) is 41.0 Å². The molecule has 5 heteroatoms. The summed E-state index contributed by atoms with van der Waals surface area (Å²) in [5.41, 5.74) is 7.59. The summed E-state index contributed by atoms with van der Waals surface area (Å²) >= 11 is 5.70. The van der Waals surface area contributed by atoms with Gasteiger partial charge in [0.2, 0.25) is 5.22 Å². The first-order chi connectivity index (χ1) is 8.18. The second-order valence-corrected chi connectivity index (χ2v) is 3.83. The van der Waals surface area contributed by atoms with Gasteiger partial charge in [-0.2, -0.15) is 0 Å². The Morgan fingerprint density at radius 1 is 1.35 bits per heavy atom. The zero-order valence-electron chi connectivity index (χ0n) is 8.94. The highest BCUT2D eigenvalue weighted by Crippen LogP contribution is 2.17. The molecule has 1 heterocycles. The van der Waals surface area contributed by atoms with Crippen LogP contribution < -0.4 is 11.1 Å². The first kappa shape index (κ1) is 11.5. The number of carbonyl (C=O) groups is 1. The van der Waals surface area contributed by atoms with E-state index in [0.717, 1.165) is 5.56 Å². The lowest BCUT2D eigenvalue weighted by molar-refractivity contribution is 0.0950. The van der Waals surface area contributed by atoms with Crippen molar-refractivity contribution >= 4 is 23.2 Å². The number of nitrogens with two attached hydrogens (primary N) is 1. The monoisotopic (exact) mass is 250 g/mol. The summed E-state index contributed by atoms with van der Waals surface area (Å²) in [6.45, 7) is 0.354.